The quantitative estimate of drug-likeness (QED) is 0.900. The fraction of sp³-hybridized carbons (Fsp3) is 0.500. The van der Waals surface area contributed by atoms with Crippen LogP contribution in [0.15, 0.2) is 29.2 Å². The number of hydrogen-bond donors (Lipinski definition) is 1. The molecule has 0 aliphatic heterocycles. The molecule has 0 atom stereocenters. The molecule has 6 heteroatoms. The van der Waals surface area contributed by atoms with Crippen molar-refractivity contribution in [3.05, 3.63) is 29.3 Å². The summed E-state index contributed by atoms with van der Waals surface area (Å²) in [7, 11) is -3.53. The van der Waals surface area contributed by atoms with Gasteiger partial charge in [-0.3, -0.25) is 0 Å². The van der Waals surface area contributed by atoms with Gasteiger partial charge in [0.25, 0.3) is 0 Å². The van der Waals surface area contributed by atoms with Gasteiger partial charge in [0, 0.05) is 17.6 Å². The molecule has 100 valence electrons. The molecule has 1 fully saturated rings. The van der Waals surface area contributed by atoms with Gasteiger partial charge in [-0.15, -0.1) is 0 Å². The van der Waals surface area contributed by atoms with Gasteiger partial charge < -0.3 is 5.11 Å². The van der Waals surface area contributed by atoms with Crippen molar-refractivity contribution >= 4 is 21.6 Å². The summed E-state index contributed by atoms with van der Waals surface area (Å²) in [5.41, 5.74) is 0. The van der Waals surface area contributed by atoms with Crippen molar-refractivity contribution in [2.45, 2.75) is 30.2 Å². The number of benzene rings is 1. The van der Waals surface area contributed by atoms with Gasteiger partial charge in [-0.2, -0.15) is 4.31 Å². The Labute approximate surface area is 112 Å². The van der Waals surface area contributed by atoms with E-state index >= 15 is 0 Å². The first-order valence-corrected chi connectivity index (χ1v) is 7.76. The summed E-state index contributed by atoms with van der Waals surface area (Å²) in [4.78, 5) is 0.229. The second-order valence-corrected chi connectivity index (χ2v) is 6.71. The lowest BCUT2D eigenvalue weighted by atomic mass is 9.93. The summed E-state index contributed by atoms with van der Waals surface area (Å²) < 4.78 is 26.3. The van der Waals surface area contributed by atoms with Gasteiger partial charge in [-0.05, 0) is 37.1 Å². The largest absolute Gasteiger partial charge is 0.395 e. The van der Waals surface area contributed by atoms with Crippen LogP contribution in [0.3, 0.4) is 0 Å². The minimum Gasteiger partial charge on any atom is -0.395 e. The Hall–Kier alpha value is -0.620. The predicted molar refractivity (Wildman–Crippen MR) is 70.1 cm³/mol. The first kappa shape index (κ1) is 13.8. The van der Waals surface area contributed by atoms with E-state index < -0.39 is 10.0 Å². The van der Waals surface area contributed by atoms with Crippen molar-refractivity contribution < 1.29 is 13.5 Å². The first-order chi connectivity index (χ1) is 8.55. The smallest absolute Gasteiger partial charge is 0.243 e. The fourth-order valence-corrected chi connectivity index (χ4v) is 3.82. The van der Waals surface area contributed by atoms with Crippen LogP contribution in [0, 0.1) is 0 Å². The molecule has 1 N–H and O–H groups in total. The van der Waals surface area contributed by atoms with E-state index in [2.05, 4.69) is 0 Å². The van der Waals surface area contributed by atoms with Crippen molar-refractivity contribution in [2.24, 2.45) is 0 Å². The number of aliphatic hydroxyl groups is 1. The maximum Gasteiger partial charge on any atom is 0.243 e. The van der Waals surface area contributed by atoms with E-state index in [0.717, 1.165) is 19.3 Å². The van der Waals surface area contributed by atoms with Crippen LogP contribution >= 0.6 is 11.6 Å². The second kappa shape index (κ2) is 5.57. The molecule has 0 saturated heterocycles. The van der Waals surface area contributed by atoms with E-state index in [9.17, 15) is 8.42 Å². The molecule has 0 spiro atoms. The number of aliphatic hydroxyl groups excluding tert-OH is 1. The molecule has 1 saturated carbocycles. The summed E-state index contributed by atoms with van der Waals surface area (Å²) in [5, 5.41) is 9.54. The molecule has 1 aliphatic rings. The number of sulfonamides is 1. The molecule has 0 bridgehead atoms. The van der Waals surface area contributed by atoms with E-state index in [1.54, 1.807) is 12.1 Å². The zero-order valence-corrected chi connectivity index (χ0v) is 11.5. The van der Waals surface area contributed by atoms with Gasteiger partial charge in [0.05, 0.1) is 11.5 Å². The Morgan fingerprint density at radius 2 is 1.89 bits per heavy atom. The average Bonchev–Trinajstić information content (AvgIpc) is 2.26. The van der Waals surface area contributed by atoms with Crippen LogP contribution < -0.4 is 0 Å². The minimum absolute atomic E-state index is 0.0258. The molecule has 0 amide bonds. The van der Waals surface area contributed by atoms with Crippen molar-refractivity contribution in [1.82, 2.24) is 4.31 Å². The predicted octanol–water partition coefficient (Wildman–Crippen LogP) is 1.88. The summed E-state index contributed by atoms with van der Waals surface area (Å²) in [6, 6.07) is 6.15. The normalized spacial score (nSPS) is 16.8. The Kier molecular flexibility index (Phi) is 4.27. The van der Waals surface area contributed by atoms with Crippen LogP contribution in [-0.2, 0) is 10.0 Å². The maximum atomic E-state index is 12.4. The standard InChI is InChI=1S/C12H16ClNO3S/c13-10-4-6-12(7-5-10)18(16,17)14(8-9-15)11-2-1-3-11/h4-7,11,15H,1-3,8-9H2. The zero-order chi connectivity index (χ0) is 13.2. The van der Waals surface area contributed by atoms with E-state index in [1.165, 1.54) is 16.4 Å². The molecular weight excluding hydrogens is 274 g/mol. The summed E-state index contributed by atoms with van der Waals surface area (Å²) in [5.74, 6) is 0. The third-order valence-corrected chi connectivity index (χ3v) is 5.44. The van der Waals surface area contributed by atoms with Gasteiger partial charge in [-0.25, -0.2) is 8.42 Å². The topological polar surface area (TPSA) is 57.6 Å². The maximum absolute atomic E-state index is 12.4. The average molecular weight is 290 g/mol. The van der Waals surface area contributed by atoms with Crippen molar-refractivity contribution in [2.75, 3.05) is 13.2 Å². The monoisotopic (exact) mass is 289 g/mol. The molecule has 1 aromatic rings. The third kappa shape index (κ3) is 2.69. The Bertz CT molecular complexity index is 497. The number of nitrogens with zero attached hydrogens (tertiary/aromatic N) is 1. The van der Waals surface area contributed by atoms with Gasteiger partial charge >= 0.3 is 0 Å². The highest BCUT2D eigenvalue weighted by Gasteiger charge is 2.34. The lowest BCUT2D eigenvalue weighted by molar-refractivity contribution is 0.178. The van der Waals surface area contributed by atoms with Crippen molar-refractivity contribution in [1.29, 1.82) is 0 Å². The SMILES string of the molecule is O=S(=O)(c1ccc(Cl)cc1)N(CCO)C1CCC1. The molecule has 0 unspecified atom stereocenters. The molecule has 4 nitrogen and oxygen atoms in total. The zero-order valence-electron chi connectivity index (χ0n) is 9.92. The minimum atomic E-state index is -3.53. The third-order valence-electron chi connectivity index (χ3n) is 3.22. The molecule has 2 rings (SSSR count). The summed E-state index contributed by atoms with van der Waals surface area (Å²) in [6.07, 6.45) is 2.78. The van der Waals surface area contributed by atoms with Crippen LogP contribution in [-0.4, -0.2) is 37.0 Å². The number of rotatable bonds is 5. The van der Waals surface area contributed by atoms with Crippen molar-refractivity contribution in [3.63, 3.8) is 0 Å². The Balaban J connectivity index is 2.29. The molecule has 0 radical (unpaired) electrons. The highest BCUT2D eigenvalue weighted by Crippen LogP contribution is 2.29. The van der Waals surface area contributed by atoms with Crippen LogP contribution in [0.2, 0.25) is 5.02 Å². The van der Waals surface area contributed by atoms with Crippen LogP contribution in [0.25, 0.3) is 0 Å². The molecule has 0 aromatic heterocycles. The van der Waals surface area contributed by atoms with E-state index in [0.29, 0.717) is 5.02 Å². The fourth-order valence-electron chi connectivity index (χ4n) is 2.01. The van der Waals surface area contributed by atoms with Crippen LogP contribution in [0.1, 0.15) is 19.3 Å². The second-order valence-electron chi connectivity index (χ2n) is 4.38. The Morgan fingerprint density at radius 1 is 1.28 bits per heavy atom. The lowest BCUT2D eigenvalue weighted by Crippen LogP contribution is -2.45. The van der Waals surface area contributed by atoms with Crippen molar-refractivity contribution in [3.8, 4) is 0 Å². The van der Waals surface area contributed by atoms with Gasteiger partial charge in [0.1, 0.15) is 0 Å². The van der Waals surface area contributed by atoms with Gasteiger partial charge in [0.15, 0.2) is 0 Å². The molecule has 1 aliphatic carbocycles. The van der Waals surface area contributed by atoms with Crippen LogP contribution in [0.4, 0.5) is 0 Å². The highest BCUT2D eigenvalue weighted by molar-refractivity contribution is 7.89. The summed E-state index contributed by atoms with van der Waals surface area (Å²) in [6.45, 7) is -0.0149. The number of hydrogen-bond acceptors (Lipinski definition) is 3. The molecule has 1 aromatic carbocycles. The highest BCUT2D eigenvalue weighted by atomic mass is 35.5. The van der Waals surface area contributed by atoms with Crippen LogP contribution in [0.5, 0.6) is 0 Å². The summed E-state index contributed by atoms with van der Waals surface area (Å²) >= 11 is 5.76. The van der Waals surface area contributed by atoms with E-state index in [1.807, 2.05) is 0 Å². The molecule has 0 heterocycles. The van der Waals surface area contributed by atoms with E-state index in [4.69, 9.17) is 16.7 Å². The lowest BCUT2D eigenvalue weighted by Gasteiger charge is -2.36. The Morgan fingerprint density at radius 3 is 2.33 bits per heavy atom. The molecule has 18 heavy (non-hydrogen) atoms. The first-order valence-electron chi connectivity index (χ1n) is 5.94. The van der Waals surface area contributed by atoms with E-state index in [-0.39, 0.29) is 24.1 Å². The van der Waals surface area contributed by atoms with Gasteiger partial charge in [0.2, 0.25) is 10.0 Å². The number of halogens is 1. The van der Waals surface area contributed by atoms with Gasteiger partial charge in [-0.1, -0.05) is 18.0 Å². The molecular formula is C12H16ClNO3S.